The van der Waals surface area contributed by atoms with Crippen LogP contribution < -0.4 is 4.74 Å². The molecule has 1 aromatic heterocycles. The molecule has 8 heteroatoms. The largest absolute Gasteiger partial charge is 0.478 e. The van der Waals surface area contributed by atoms with Gasteiger partial charge in [0, 0.05) is 43.5 Å². The summed E-state index contributed by atoms with van der Waals surface area (Å²) >= 11 is 0. The number of carboxylic acid groups (broad SMARTS) is 2. The van der Waals surface area contributed by atoms with Crippen molar-refractivity contribution in [1.82, 2.24) is 14.7 Å². The zero-order chi connectivity index (χ0) is 22.8. The summed E-state index contributed by atoms with van der Waals surface area (Å²) in [7, 11) is 0. The Morgan fingerprint density at radius 3 is 2.47 bits per heavy atom. The van der Waals surface area contributed by atoms with Gasteiger partial charge < -0.3 is 14.9 Å². The molecule has 2 aliphatic rings. The van der Waals surface area contributed by atoms with Crippen molar-refractivity contribution >= 4 is 11.9 Å². The molecular formula is C24H31N3O5. The summed E-state index contributed by atoms with van der Waals surface area (Å²) in [6.45, 7) is 5.28. The summed E-state index contributed by atoms with van der Waals surface area (Å²) in [5.41, 5.74) is 4.37. The molecule has 32 heavy (non-hydrogen) atoms. The first-order chi connectivity index (χ1) is 15.5. The van der Waals surface area contributed by atoms with E-state index in [0.29, 0.717) is 12.2 Å². The number of aromatic nitrogens is 2. The number of aliphatic carboxylic acids is 2. The molecule has 2 aromatic rings. The van der Waals surface area contributed by atoms with E-state index in [0.717, 1.165) is 45.0 Å². The summed E-state index contributed by atoms with van der Waals surface area (Å²) < 4.78 is 7.97. The van der Waals surface area contributed by atoms with Crippen LogP contribution in [-0.4, -0.2) is 56.5 Å². The fourth-order valence-corrected chi connectivity index (χ4v) is 3.96. The molecule has 0 atom stereocenters. The van der Waals surface area contributed by atoms with Gasteiger partial charge in [0.05, 0.1) is 6.61 Å². The lowest BCUT2D eigenvalue weighted by molar-refractivity contribution is -0.134. The number of carbonyl (C=O) groups is 2. The second kappa shape index (κ2) is 12.0. The Hall–Kier alpha value is -3.13. The van der Waals surface area contributed by atoms with E-state index in [1.54, 1.807) is 0 Å². The van der Waals surface area contributed by atoms with Gasteiger partial charge in [0.1, 0.15) is 0 Å². The van der Waals surface area contributed by atoms with Crippen LogP contribution in [-0.2, 0) is 35.5 Å². The maximum atomic E-state index is 9.55. The average molecular weight is 442 g/mol. The minimum Gasteiger partial charge on any atom is -0.478 e. The fraction of sp³-hybridized carbons (Fsp3) is 0.458. The van der Waals surface area contributed by atoms with Crippen molar-refractivity contribution < 1.29 is 24.5 Å². The number of ether oxygens (including phenoxy) is 1. The van der Waals surface area contributed by atoms with Crippen LogP contribution in [0, 0.1) is 0 Å². The highest BCUT2D eigenvalue weighted by Crippen LogP contribution is 2.20. The van der Waals surface area contributed by atoms with Crippen LogP contribution in [0.15, 0.2) is 42.5 Å². The van der Waals surface area contributed by atoms with Gasteiger partial charge in [-0.2, -0.15) is 0 Å². The van der Waals surface area contributed by atoms with E-state index in [4.69, 9.17) is 14.9 Å². The summed E-state index contributed by atoms with van der Waals surface area (Å²) in [6.07, 6.45) is 8.26. The van der Waals surface area contributed by atoms with E-state index in [9.17, 15) is 9.59 Å². The molecule has 3 heterocycles. The second-order valence-electron chi connectivity index (χ2n) is 8.01. The van der Waals surface area contributed by atoms with Gasteiger partial charge in [-0.1, -0.05) is 24.3 Å². The highest BCUT2D eigenvalue weighted by Gasteiger charge is 2.15. The van der Waals surface area contributed by atoms with Crippen LogP contribution in [0.1, 0.15) is 42.5 Å². The molecule has 8 nitrogen and oxygen atoms in total. The predicted octanol–water partition coefficient (Wildman–Crippen LogP) is 3.15. The van der Waals surface area contributed by atoms with Crippen molar-refractivity contribution in [2.45, 2.75) is 51.6 Å². The van der Waals surface area contributed by atoms with Gasteiger partial charge >= 0.3 is 11.9 Å². The molecule has 1 aromatic carbocycles. The lowest BCUT2D eigenvalue weighted by atomic mass is 10.00. The molecule has 0 unspecified atom stereocenters. The topological polar surface area (TPSA) is 105 Å². The van der Waals surface area contributed by atoms with E-state index in [1.807, 2.05) is 0 Å². The second-order valence-corrected chi connectivity index (χ2v) is 8.01. The molecule has 172 valence electrons. The van der Waals surface area contributed by atoms with Gasteiger partial charge in [-0.25, -0.2) is 9.59 Å². The Morgan fingerprint density at radius 1 is 1.00 bits per heavy atom. The quantitative estimate of drug-likeness (QED) is 0.479. The van der Waals surface area contributed by atoms with E-state index >= 15 is 0 Å². The lowest BCUT2D eigenvalue weighted by Gasteiger charge is -2.28. The third-order valence-corrected chi connectivity index (χ3v) is 5.59. The number of benzene rings is 1. The van der Waals surface area contributed by atoms with Crippen molar-refractivity contribution in [2.24, 2.45) is 0 Å². The summed E-state index contributed by atoms with van der Waals surface area (Å²) in [5, 5.41) is 20.2. The number of hydrogen-bond donors (Lipinski definition) is 2. The standard InChI is InChI=1S/C20H27N3O.C4H4O4/c1-2-8-18-16-22(13-10-17(18)7-1)11-5-6-14-24-20-15-19-9-3-4-12-23(19)21-20;5-3(6)1-2-4(7)8/h1-2,7-8,15H,3-6,9-14,16H2;1-2H,(H,5,6)(H,7,8). The Morgan fingerprint density at radius 2 is 1.75 bits per heavy atom. The molecule has 2 N–H and O–H groups in total. The fourth-order valence-electron chi connectivity index (χ4n) is 3.96. The van der Waals surface area contributed by atoms with Crippen molar-refractivity contribution in [2.75, 3.05) is 19.7 Å². The molecular weight excluding hydrogens is 410 g/mol. The number of aryl methyl sites for hydroxylation is 2. The molecule has 0 aliphatic carbocycles. The number of unbranched alkanes of at least 4 members (excludes halogenated alkanes) is 1. The van der Waals surface area contributed by atoms with Gasteiger partial charge in [-0.05, 0) is 56.2 Å². The molecule has 0 fully saturated rings. The van der Waals surface area contributed by atoms with Crippen LogP contribution in [0.2, 0.25) is 0 Å². The lowest BCUT2D eigenvalue weighted by Crippen LogP contribution is -2.31. The first-order valence-electron chi connectivity index (χ1n) is 11.1. The average Bonchev–Trinajstić information content (AvgIpc) is 3.21. The van der Waals surface area contributed by atoms with Gasteiger partial charge in [0.15, 0.2) is 0 Å². The van der Waals surface area contributed by atoms with Crippen molar-refractivity contribution in [3.8, 4) is 5.88 Å². The van der Waals surface area contributed by atoms with Crippen LogP contribution in [0.3, 0.4) is 0 Å². The molecule has 0 amide bonds. The Labute approximate surface area is 188 Å². The Kier molecular flexibility index (Phi) is 8.86. The van der Waals surface area contributed by atoms with Gasteiger partial charge in [-0.15, -0.1) is 5.10 Å². The van der Waals surface area contributed by atoms with E-state index in [1.165, 1.54) is 49.0 Å². The zero-order valence-electron chi connectivity index (χ0n) is 18.3. The number of hydrogen-bond acceptors (Lipinski definition) is 5. The van der Waals surface area contributed by atoms with Crippen molar-refractivity contribution in [3.63, 3.8) is 0 Å². The van der Waals surface area contributed by atoms with Gasteiger partial charge in [-0.3, -0.25) is 9.58 Å². The Bertz CT molecular complexity index is 898. The van der Waals surface area contributed by atoms with Crippen molar-refractivity contribution in [3.05, 3.63) is 59.3 Å². The monoisotopic (exact) mass is 441 g/mol. The molecule has 0 radical (unpaired) electrons. The summed E-state index contributed by atoms with van der Waals surface area (Å²) in [5.74, 6) is -1.70. The van der Waals surface area contributed by atoms with Crippen LogP contribution in [0.4, 0.5) is 0 Å². The molecule has 2 aliphatic heterocycles. The number of fused-ring (bicyclic) bond motifs is 2. The van der Waals surface area contributed by atoms with E-state index < -0.39 is 11.9 Å². The molecule has 4 rings (SSSR count). The molecule has 0 saturated carbocycles. The summed E-state index contributed by atoms with van der Waals surface area (Å²) in [4.78, 5) is 21.7. The maximum absolute atomic E-state index is 9.55. The minimum atomic E-state index is -1.26. The minimum absolute atomic E-state index is 0.558. The molecule has 0 spiro atoms. The molecule has 0 bridgehead atoms. The maximum Gasteiger partial charge on any atom is 0.328 e. The molecule has 0 saturated heterocycles. The van der Waals surface area contributed by atoms with E-state index in [2.05, 4.69) is 45.0 Å². The third-order valence-electron chi connectivity index (χ3n) is 5.59. The highest BCUT2D eigenvalue weighted by molar-refractivity contribution is 5.89. The highest BCUT2D eigenvalue weighted by atomic mass is 16.5. The van der Waals surface area contributed by atoms with Gasteiger partial charge in [0.25, 0.3) is 0 Å². The van der Waals surface area contributed by atoms with Crippen LogP contribution in [0.5, 0.6) is 5.88 Å². The third kappa shape index (κ3) is 7.53. The Balaban J connectivity index is 0.000000312. The SMILES string of the molecule is O=C(O)C=CC(=O)O.c1ccc2c(c1)CCN(CCCCOc1cc3n(n1)CCCC3)C2. The number of nitrogens with zero attached hydrogens (tertiary/aromatic N) is 3. The first kappa shape index (κ1) is 23.5. The van der Waals surface area contributed by atoms with E-state index in [-0.39, 0.29) is 0 Å². The smallest absolute Gasteiger partial charge is 0.328 e. The summed E-state index contributed by atoms with van der Waals surface area (Å²) in [6, 6.07) is 11.0. The normalized spacial score (nSPS) is 15.4. The van der Waals surface area contributed by atoms with Crippen molar-refractivity contribution in [1.29, 1.82) is 0 Å². The van der Waals surface area contributed by atoms with Crippen LogP contribution in [0.25, 0.3) is 0 Å². The number of carboxylic acids is 2. The van der Waals surface area contributed by atoms with Crippen LogP contribution >= 0.6 is 0 Å². The predicted molar refractivity (Wildman–Crippen MR) is 120 cm³/mol. The van der Waals surface area contributed by atoms with Gasteiger partial charge in [0.2, 0.25) is 5.88 Å². The first-order valence-corrected chi connectivity index (χ1v) is 11.1. The number of rotatable bonds is 8. The zero-order valence-corrected chi connectivity index (χ0v) is 18.3.